The first kappa shape index (κ1) is 22.5. The third-order valence-electron chi connectivity index (χ3n) is 6.58. The van der Waals surface area contributed by atoms with Crippen molar-refractivity contribution in [1.82, 2.24) is 29.5 Å². The first-order valence-electron chi connectivity index (χ1n) is 11.4. The van der Waals surface area contributed by atoms with Crippen molar-refractivity contribution in [3.8, 4) is 5.75 Å². The summed E-state index contributed by atoms with van der Waals surface area (Å²) in [5.74, 6) is -0.0303. The molecule has 0 spiro atoms. The molecule has 3 aromatic rings. The van der Waals surface area contributed by atoms with Crippen LogP contribution in [0.2, 0.25) is 0 Å². The van der Waals surface area contributed by atoms with E-state index in [-0.39, 0.29) is 6.04 Å². The predicted octanol–water partition coefficient (Wildman–Crippen LogP) is 2.82. The van der Waals surface area contributed by atoms with Crippen LogP contribution in [0, 0.1) is 0 Å². The minimum Gasteiger partial charge on any atom is -0.495 e. The van der Waals surface area contributed by atoms with Gasteiger partial charge in [-0.2, -0.15) is 18.9 Å². The van der Waals surface area contributed by atoms with Crippen molar-refractivity contribution < 1.29 is 18.3 Å². The molecule has 2 aliphatic heterocycles. The number of amides is 1. The highest BCUT2D eigenvalue weighted by Crippen LogP contribution is 2.33. The molecule has 4 heterocycles. The van der Waals surface area contributed by atoms with Crippen molar-refractivity contribution in [3.63, 3.8) is 0 Å². The minimum absolute atomic E-state index is 0.299. The highest BCUT2D eigenvalue weighted by Gasteiger charge is 2.34. The molecule has 1 N–H and O–H groups in total. The number of likely N-dealkylation sites (tertiary alicyclic amines) is 1. The predicted molar refractivity (Wildman–Crippen MR) is 122 cm³/mol. The fourth-order valence-electron chi connectivity index (χ4n) is 4.82. The van der Waals surface area contributed by atoms with Crippen LogP contribution in [0.3, 0.4) is 0 Å². The van der Waals surface area contributed by atoms with Crippen molar-refractivity contribution in [2.45, 2.75) is 44.8 Å². The number of nitrogens with one attached hydrogen (secondary N) is 1. The summed E-state index contributed by atoms with van der Waals surface area (Å²) in [5, 5.41) is 8.37. The summed E-state index contributed by atoms with van der Waals surface area (Å²) in [5.41, 5.74) is 3.85. The molecule has 11 heteroatoms. The molecular weight excluding hydrogens is 444 g/mol. The Morgan fingerprint density at radius 3 is 2.91 bits per heavy atom. The van der Waals surface area contributed by atoms with E-state index in [4.69, 9.17) is 4.74 Å². The molecule has 0 saturated carbocycles. The number of anilines is 2. The van der Waals surface area contributed by atoms with Gasteiger partial charge in [0, 0.05) is 25.8 Å². The van der Waals surface area contributed by atoms with E-state index in [0.717, 1.165) is 30.6 Å². The average molecular weight is 472 g/mol. The van der Waals surface area contributed by atoms with Gasteiger partial charge in [0.1, 0.15) is 5.75 Å². The Labute approximate surface area is 195 Å². The van der Waals surface area contributed by atoms with Crippen LogP contribution >= 0.6 is 0 Å². The maximum Gasteiger partial charge on any atom is 0.315 e. The second kappa shape index (κ2) is 9.13. The second-order valence-corrected chi connectivity index (χ2v) is 8.86. The number of hydrogen-bond acceptors (Lipinski definition) is 7. The van der Waals surface area contributed by atoms with Crippen LogP contribution in [0.4, 0.5) is 20.4 Å². The number of carbonyl (C=O) groups is 1. The zero-order valence-corrected chi connectivity index (χ0v) is 19.2. The van der Waals surface area contributed by atoms with Gasteiger partial charge in [0.05, 0.1) is 37.0 Å². The summed E-state index contributed by atoms with van der Waals surface area (Å²) in [7, 11) is 3.73. The van der Waals surface area contributed by atoms with E-state index >= 15 is 0 Å². The molecule has 180 valence electrons. The molecule has 1 unspecified atom stereocenters. The smallest absolute Gasteiger partial charge is 0.315 e. The number of rotatable bonds is 6. The van der Waals surface area contributed by atoms with Crippen LogP contribution in [-0.4, -0.2) is 75.2 Å². The zero-order valence-electron chi connectivity index (χ0n) is 19.2. The van der Waals surface area contributed by atoms with E-state index in [1.165, 1.54) is 16.0 Å². The Bertz CT molecular complexity index is 1220. The number of alkyl halides is 2. The molecule has 9 nitrogen and oxygen atoms in total. The van der Waals surface area contributed by atoms with Gasteiger partial charge >= 0.3 is 6.43 Å². The van der Waals surface area contributed by atoms with Gasteiger partial charge in [-0.05, 0) is 49.6 Å². The van der Waals surface area contributed by atoms with Gasteiger partial charge in [-0.3, -0.25) is 4.79 Å². The number of benzene rings is 1. The number of methoxy groups -OCH3 is 1. The fourth-order valence-corrected chi connectivity index (χ4v) is 4.82. The van der Waals surface area contributed by atoms with Gasteiger partial charge in [0.2, 0.25) is 5.95 Å². The molecule has 2 aromatic heterocycles. The third kappa shape index (κ3) is 4.27. The van der Waals surface area contributed by atoms with E-state index in [0.29, 0.717) is 43.3 Å². The quantitative estimate of drug-likeness (QED) is 0.592. The van der Waals surface area contributed by atoms with Crippen LogP contribution in [0.1, 0.15) is 24.0 Å². The van der Waals surface area contributed by atoms with Gasteiger partial charge in [-0.1, -0.05) is 0 Å². The van der Waals surface area contributed by atoms with Crippen molar-refractivity contribution in [2.75, 3.05) is 32.6 Å². The lowest BCUT2D eigenvalue weighted by molar-refractivity contribution is -0.143. The summed E-state index contributed by atoms with van der Waals surface area (Å²) in [4.78, 5) is 24.5. The highest BCUT2D eigenvalue weighted by atomic mass is 19.3. The second-order valence-electron chi connectivity index (χ2n) is 8.86. The number of ether oxygens (including phenoxy) is 1. The number of halogens is 2. The zero-order chi connectivity index (χ0) is 23.8. The van der Waals surface area contributed by atoms with E-state index in [2.05, 4.69) is 44.5 Å². The van der Waals surface area contributed by atoms with Crippen LogP contribution in [0.5, 0.6) is 5.75 Å². The van der Waals surface area contributed by atoms with E-state index < -0.39 is 12.3 Å². The van der Waals surface area contributed by atoms with Crippen LogP contribution in [-0.2, 0) is 24.3 Å². The molecular formula is C23H27F2N7O2. The number of hydrogen-bond donors (Lipinski definition) is 1. The summed E-state index contributed by atoms with van der Waals surface area (Å²) in [6.07, 6.45) is 2.62. The van der Waals surface area contributed by atoms with Crippen molar-refractivity contribution in [2.24, 2.45) is 0 Å². The molecule has 1 aromatic carbocycles. The van der Waals surface area contributed by atoms with E-state index in [1.54, 1.807) is 24.2 Å². The Morgan fingerprint density at radius 1 is 1.26 bits per heavy atom. The maximum atomic E-state index is 13.0. The van der Waals surface area contributed by atoms with E-state index in [9.17, 15) is 13.6 Å². The third-order valence-corrected chi connectivity index (χ3v) is 6.58. The molecule has 1 saturated heterocycles. The van der Waals surface area contributed by atoms with Gasteiger partial charge in [0.25, 0.3) is 5.91 Å². The first-order valence-corrected chi connectivity index (χ1v) is 11.4. The lowest BCUT2D eigenvalue weighted by atomic mass is 9.99. The van der Waals surface area contributed by atoms with Crippen LogP contribution in [0.25, 0.3) is 11.0 Å². The van der Waals surface area contributed by atoms with Crippen molar-refractivity contribution >= 4 is 28.6 Å². The molecule has 1 amide bonds. The molecule has 0 aliphatic carbocycles. The van der Waals surface area contributed by atoms with Gasteiger partial charge in [-0.25, -0.2) is 9.67 Å². The summed E-state index contributed by atoms with van der Waals surface area (Å²) in [6.45, 7) is 2.50. The monoisotopic (exact) mass is 471 g/mol. The fraction of sp³-hybridized carbons (Fsp3) is 0.478. The molecule has 5 rings (SSSR count). The van der Waals surface area contributed by atoms with E-state index in [1.807, 2.05) is 0 Å². The number of nitrogens with zero attached hydrogens (tertiary/aromatic N) is 6. The molecule has 0 radical (unpaired) electrons. The molecule has 34 heavy (non-hydrogen) atoms. The molecule has 1 atom stereocenters. The van der Waals surface area contributed by atoms with Crippen LogP contribution < -0.4 is 10.1 Å². The lowest BCUT2D eigenvalue weighted by Crippen LogP contribution is -2.41. The molecule has 1 fully saturated rings. The van der Waals surface area contributed by atoms with Gasteiger partial charge < -0.3 is 19.9 Å². The minimum atomic E-state index is -3.00. The van der Waals surface area contributed by atoms with Gasteiger partial charge in [-0.15, -0.1) is 0 Å². The number of aromatic nitrogens is 4. The van der Waals surface area contributed by atoms with Crippen molar-refractivity contribution in [1.29, 1.82) is 0 Å². The van der Waals surface area contributed by atoms with Crippen molar-refractivity contribution in [3.05, 3.63) is 35.7 Å². The van der Waals surface area contributed by atoms with Gasteiger partial charge in [0.15, 0.2) is 5.65 Å². The standard InChI is InChI=1S/C23H27F2N7O2/c1-30-7-5-14-9-19(34-2)18(8-15(14)12-30)28-23-26-10-16-11-27-32(21(16)29-23)13-17-4-3-6-31(17)22(33)20(24)25/h8-11,17,20H,3-7,12-13H2,1-2H3,(H,26,28,29). The Hall–Kier alpha value is -3.34. The normalized spacial score (nSPS) is 18.5. The molecule has 0 bridgehead atoms. The highest BCUT2D eigenvalue weighted by molar-refractivity contribution is 5.80. The number of fused-ring (bicyclic) bond motifs is 2. The summed E-state index contributed by atoms with van der Waals surface area (Å²) < 4.78 is 33.2. The molecule has 2 aliphatic rings. The Morgan fingerprint density at radius 2 is 2.12 bits per heavy atom. The number of carbonyl (C=O) groups excluding carboxylic acids is 1. The summed E-state index contributed by atoms with van der Waals surface area (Å²) in [6, 6.07) is 3.79. The topological polar surface area (TPSA) is 88.4 Å². The Kier molecular flexibility index (Phi) is 6.03. The SMILES string of the molecule is COc1cc2c(cc1Nc1ncc3cnn(CC4CCCN4C(=O)C(F)F)c3n1)CN(C)CC2. The Balaban J connectivity index is 1.41. The number of likely N-dealkylation sites (N-methyl/N-ethyl adjacent to an activating group) is 1. The first-order chi connectivity index (χ1) is 16.4. The largest absolute Gasteiger partial charge is 0.495 e. The lowest BCUT2D eigenvalue weighted by Gasteiger charge is -2.26. The summed E-state index contributed by atoms with van der Waals surface area (Å²) >= 11 is 0. The maximum absolute atomic E-state index is 13.0. The average Bonchev–Trinajstić information content (AvgIpc) is 3.45. The van der Waals surface area contributed by atoms with Crippen LogP contribution in [0.15, 0.2) is 24.5 Å².